The van der Waals surface area contributed by atoms with Crippen molar-refractivity contribution in [3.8, 4) is 5.69 Å². The average Bonchev–Trinajstić information content (AvgIpc) is 3.43. The molecule has 0 unspecified atom stereocenters. The second-order valence-electron chi connectivity index (χ2n) is 7.81. The Morgan fingerprint density at radius 1 is 1.04 bits per heavy atom. The molecular weight excluding hydrogens is 340 g/mol. The van der Waals surface area contributed by atoms with Crippen molar-refractivity contribution in [1.29, 1.82) is 0 Å². The first-order valence-electron chi connectivity index (χ1n) is 9.60. The predicted molar refractivity (Wildman–Crippen MR) is 100 cm³/mol. The van der Waals surface area contributed by atoms with E-state index in [2.05, 4.69) is 44.3 Å². The Balaban J connectivity index is 1.23. The summed E-state index contributed by atoms with van der Waals surface area (Å²) in [5, 5.41) is 19.1. The fourth-order valence-electron chi connectivity index (χ4n) is 4.75. The number of aromatic nitrogens is 5. The molecule has 1 aliphatic heterocycles. The van der Waals surface area contributed by atoms with Gasteiger partial charge in [0.1, 0.15) is 12.7 Å². The van der Waals surface area contributed by atoms with Gasteiger partial charge in [0.25, 0.3) is 0 Å². The minimum Gasteiger partial charge on any atom is -0.391 e. The van der Waals surface area contributed by atoms with Gasteiger partial charge in [-0.15, -0.1) is 0 Å². The molecule has 5 rings (SSSR count). The van der Waals surface area contributed by atoms with Crippen LogP contribution in [0.15, 0.2) is 55.4 Å². The summed E-state index contributed by atoms with van der Waals surface area (Å²) >= 11 is 0. The summed E-state index contributed by atoms with van der Waals surface area (Å²) in [5.41, 5.74) is 2.33. The van der Waals surface area contributed by atoms with Gasteiger partial charge in [-0.25, -0.2) is 9.67 Å². The lowest BCUT2D eigenvalue weighted by Crippen LogP contribution is -2.36. The Labute approximate surface area is 158 Å². The molecule has 7 heteroatoms. The maximum Gasteiger partial charge on any atom is 0.138 e. The van der Waals surface area contributed by atoms with Crippen molar-refractivity contribution in [2.45, 2.75) is 31.5 Å². The lowest BCUT2D eigenvalue weighted by atomic mass is 9.77. The fraction of sp³-hybridized carbons (Fsp3) is 0.450. The molecule has 3 aromatic rings. The maximum absolute atomic E-state index is 10.6. The highest BCUT2D eigenvalue weighted by Crippen LogP contribution is 2.41. The molecule has 7 nitrogen and oxygen atoms in total. The van der Waals surface area contributed by atoms with Crippen molar-refractivity contribution >= 4 is 0 Å². The zero-order valence-corrected chi connectivity index (χ0v) is 15.2. The molecule has 2 aliphatic rings. The number of aliphatic hydroxyl groups is 1. The smallest absolute Gasteiger partial charge is 0.138 e. The monoisotopic (exact) mass is 364 g/mol. The first kappa shape index (κ1) is 16.6. The third kappa shape index (κ3) is 3.28. The third-order valence-electron chi connectivity index (χ3n) is 6.08. The number of benzene rings is 1. The Morgan fingerprint density at radius 3 is 2.56 bits per heavy atom. The number of fused-ring (bicyclic) bond motifs is 1. The van der Waals surface area contributed by atoms with Gasteiger partial charge in [0, 0.05) is 32.0 Å². The van der Waals surface area contributed by atoms with Crippen LogP contribution in [-0.4, -0.2) is 53.7 Å². The molecular formula is C20H24N6O. The van der Waals surface area contributed by atoms with E-state index in [0.29, 0.717) is 11.8 Å². The van der Waals surface area contributed by atoms with E-state index in [9.17, 15) is 5.11 Å². The van der Waals surface area contributed by atoms with Gasteiger partial charge in [-0.3, -0.25) is 9.58 Å². The summed E-state index contributed by atoms with van der Waals surface area (Å²) < 4.78 is 3.71. The van der Waals surface area contributed by atoms with Crippen LogP contribution in [-0.2, 0) is 6.54 Å². The second-order valence-corrected chi connectivity index (χ2v) is 7.81. The van der Waals surface area contributed by atoms with Crippen LogP contribution < -0.4 is 0 Å². The Kier molecular flexibility index (Phi) is 4.26. The van der Waals surface area contributed by atoms with Crippen LogP contribution in [0.3, 0.4) is 0 Å². The van der Waals surface area contributed by atoms with Crippen molar-refractivity contribution in [2.24, 2.45) is 11.8 Å². The average molecular weight is 364 g/mol. The SMILES string of the molecule is O[C@@H]1C[C@H]2CN(Cc3ccc(-n4cncn4)cc3)C[C@H]2C[C@H]1n1cccn1. The first-order chi connectivity index (χ1) is 13.3. The lowest BCUT2D eigenvalue weighted by molar-refractivity contribution is 0.0306. The predicted octanol–water partition coefficient (Wildman–Crippen LogP) is 1.91. The van der Waals surface area contributed by atoms with Crippen molar-refractivity contribution in [1.82, 2.24) is 29.4 Å². The summed E-state index contributed by atoms with van der Waals surface area (Å²) in [4.78, 5) is 6.52. The van der Waals surface area contributed by atoms with Gasteiger partial charge in [-0.1, -0.05) is 12.1 Å². The molecule has 1 aliphatic carbocycles. The summed E-state index contributed by atoms with van der Waals surface area (Å²) in [6.45, 7) is 3.12. The number of nitrogens with zero attached hydrogens (tertiary/aromatic N) is 6. The molecule has 0 amide bonds. The van der Waals surface area contributed by atoms with Crippen LogP contribution in [0.25, 0.3) is 5.69 Å². The standard InChI is InChI=1S/C20H24N6O/c27-20-9-17-12-24(11-16(17)8-19(20)25-7-1-6-22-25)10-15-2-4-18(5-3-15)26-14-21-13-23-26/h1-7,13-14,16-17,19-20,27H,8-12H2/t16-,17+,19-,20-/m1/s1. The minimum atomic E-state index is -0.298. The van der Waals surface area contributed by atoms with E-state index in [1.54, 1.807) is 23.5 Å². The molecule has 1 N–H and O–H groups in total. The van der Waals surface area contributed by atoms with Crippen LogP contribution in [0.4, 0.5) is 0 Å². The van der Waals surface area contributed by atoms with Gasteiger partial charge < -0.3 is 5.11 Å². The molecule has 0 radical (unpaired) electrons. The fourth-order valence-corrected chi connectivity index (χ4v) is 4.75. The molecule has 27 heavy (non-hydrogen) atoms. The van der Waals surface area contributed by atoms with E-state index in [4.69, 9.17) is 0 Å². The lowest BCUT2D eigenvalue weighted by Gasteiger charge is -2.35. The summed E-state index contributed by atoms with van der Waals surface area (Å²) in [6, 6.07) is 10.6. The van der Waals surface area contributed by atoms with E-state index >= 15 is 0 Å². The van der Waals surface area contributed by atoms with Gasteiger partial charge >= 0.3 is 0 Å². The molecule has 2 aromatic heterocycles. The topological polar surface area (TPSA) is 72.0 Å². The number of hydrogen-bond donors (Lipinski definition) is 1. The Bertz CT molecular complexity index is 861. The number of rotatable bonds is 4. The Morgan fingerprint density at radius 2 is 1.85 bits per heavy atom. The van der Waals surface area contributed by atoms with Crippen LogP contribution in [0.2, 0.25) is 0 Å². The molecule has 0 bridgehead atoms. The van der Waals surface area contributed by atoms with Crippen LogP contribution in [0.1, 0.15) is 24.4 Å². The molecule has 4 atom stereocenters. The zero-order valence-electron chi connectivity index (χ0n) is 15.2. The number of hydrogen-bond acceptors (Lipinski definition) is 5. The summed E-state index contributed by atoms with van der Waals surface area (Å²) in [5.74, 6) is 1.22. The van der Waals surface area contributed by atoms with Crippen molar-refractivity contribution in [3.63, 3.8) is 0 Å². The normalized spacial score (nSPS) is 28.3. The highest BCUT2D eigenvalue weighted by atomic mass is 16.3. The zero-order chi connectivity index (χ0) is 18.2. The van der Waals surface area contributed by atoms with Crippen molar-refractivity contribution < 1.29 is 5.11 Å². The third-order valence-corrected chi connectivity index (χ3v) is 6.08. The van der Waals surface area contributed by atoms with Crippen molar-refractivity contribution in [2.75, 3.05) is 13.1 Å². The van der Waals surface area contributed by atoms with Gasteiger partial charge in [-0.05, 0) is 48.4 Å². The molecule has 1 saturated carbocycles. The van der Waals surface area contributed by atoms with Crippen LogP contribution >= 0.6 is 0 Å². The van der Waals surface area contributed by atoms with E-state index in [1.807, 2.05) is 16.9 Å². The minimum absolute atomic E-state index is 0.114. The molecule has 2 fully saturated rings. The maximum atomic E-state index is 10.6. The Hall–Kier alpha value is -2.51. The van der Waals surface area contributed by atoms with Crippen molar-refractivity contribution in [3.05, 3.63) is 60.9 Å². The second kappa shape index (κ2) is 6.90. The van der Waals surface area contributed by atoms with Gasteiger partial charge in [-0.2, -0.15) is 10.2 Å². The largest absolute Gasteiger partial charge is 0.391 e. The van der Waals surface area contributed by atoms with Gasteiger partial charge in [0.2, 0.25) is 0 Å². The van der Waals surface area contributed by atoms with E-state index in [1.165, 1.54) is 5.56 Å². The molecule has 1 aromatic carbocycles. The van der Waals surface area contributed by atoms with Crippen LogP contribution in [0, 0.1) is 11.8 Å². The molecule has 140 valence electrons. The molecule has 0 spiro atoms. The van der Waals surface area contributed by atoms with E-state index < -0.39 is 0 Å². The molecule has 3 heterocycles. The van der Waals surface area contributed by atoms with Gasteiger partial charge in [0.05, 0.1) is 17.8 Å². The summed E-state index contributed by atoms with van der Waals surface area (Å²) in [7, 11) is 0. The van der Waals surface area contributed by atoms with Gasteiger partial charge in [0.15, 0.2) is 0 Å². The highest BCUT2D eigenvalue weighted by Gasteiger charge is 2.42. The summed E-state index contributed by atoms with van der Waals surface area (Å²) in [6.07, 6.45) is 8.60. The number of aliphatic hydroxyl groups excluding tert-OH is 1. The van der Waals surface area contributed by atoms with E-state index in [-0.39, 0.29) is 12.1 Å². The molecule has 1 saturated heterocycles. The highest BCUT2D eigenvalue weighted by molar-refractivity contribution is 5.33. The van der Waals surface area contributed by atoms with E-state index in [0.717, 1.165) is 38.2 Å². The quantitative estimate of drug-likeness (QED) is 0.766. The van der Waals surface area contributed by atoms with Crippen LogP contribution in [0.5, 0.6) is 0 Å². The number of likely N-dealkylation sites (tertiary alicyclic amines) is 1. The first-order valence-corrected chi connectivity index (χ1v) is 9.60.